The first-order chi connectivity index (χ1) is 16.4. The van der Waals surface area contributed by atoms with E-state index in [1.165, 1.54) is 26.5 Å². The first-order valence-electron chi connectivity index (χ1n) is 10.2. The summed E-state index contributed by atoms with van der Waals surface area (Å²) in [7, 11) is 2.91. The van der Waals surface area contributed by atoms with Crippen LogP contribution in [-0.4, -0.2) is 38.2 Å². The summed E-state index contributed by atoms with van der Waals surface area (Å²) in [5.41, 5.74) is 4.06. The number of aryl methyl sites for hydroxylation is 1. The maximum atomic E-state index is 12.5. The molecule has 9 heteroatoms. The molecule has 174 valence electrons. The van der Waals surface area contributed by atoms with Crippen LogP contribution in [0.25, 0.3) is 0 Å². The number of nitrogens with one attached hydrogen (secondary N) is 2. The van der Waals surface area contributed by atoms with Crippen molar-refractivity contribution in [2.45, 2.75) is 6.92 Å². The molecule has 2 N–H and O–H groups in total. The third-order valence-electron chi connectivity index (χ3n) is 4.72. The molecular weight excluding hydrogens is 438 g/mol. The average Bonchev–Trinajstić information content (AvgIpc) is 2.85. The first kappa shape index (κ1) is 24.0. The van der Waals surface area contributed by atoms with Gasteiger partial charge in [-0.25, -0.2) is 10.2 Å². The minimum Gasteiger partial charge on any atom is -0.497 e. The summed E-state index contributed by atoms with van der Waals surface area (Å²) in [5.74, 6) is -1.39. The summed E-state index contributed by atoms with van der Waals surface area (Å²) in [6.45, 7) is 1.81. The van der Waals surface area contributed by atoms with E-state index < -0.39 is 17.8 Å². The van der Waals surface area contributed by atoms with E-state index in [4.69, 9.17) is 14.2 Å². The summed E-state index contributed by atoms with van der Waals surface area (Å²) in [6.07, 6.45) is 1.28. The zero-order chi connectivity index (χ0) is 24.5. The number of hydrogen-bond acceptors (Lipinski definition) is 7. The molecule has 0 aliphatic heterocycles. The molecule has 2 amide bonds. The molecule has 0 saturated heterocycles. The molecule has 0 aliphatic carbocycles. The molecule has 0 saturated carbocycles. The highest BCUT2D eigenvalue weighted by molar-refractivity contribution is 6.39. The summed E-state index contributed by atoms with van der Waals surface area (Å²) < 4.78 is 15.8. The van der Waals surface area contributed by atoms with Gasteiger partial charge in [0.2, 0.25) is 0 Å². The predicted molar refractivity (Wildman–Crippen MR) is 126 cm³/mol. The van der Waals surface area contributed by atoms with E-state index in [9.17, 15) is 14.4 Å². The van der Waals surface area contributed by atoms with Crippen LogP contribution in [0.2, 0.25) is 0 Å². The third-order valence-corrected chi connectivity index (χ3v) is 4.72. The SMILES string of the molecule is COc1ccc(OC)c(NC(=O)C(=O)N/N=C/c2ccccc2OC(=O)c2ccccc2C)c1. The van der Waals surface area contributed by atoms with Crippen molar-refractivity contribution in [1.29, 1.82) is 0 Å². The van der Waals surface area contributed by atoms with Crippen molar-refractivity contribution in [3.05, 3.63) is 83.4 Å². The number of carbonyl (C=O) groups excluding carboxylic acids is 3. The van der Waals surface area contributed by atoms with E-state index in [-0.39, 0.29) is 11.4 Å². The van der Waals surface area contributed by atoms with Crippen LogP contribution in [0.5, 0.6) is 17.2 Å². The van der Waals surface area contributed by atoms with Gasteiger partial charge in [0.1, 0.15) is 17.2 Å². The van der Waals surface area contributed by atoms with E-state index in [0.717, 1.165) is 5.56 Å². The van der Waals surface area contributed by atoms with Crippen LogP contribution >= 0.6 is 0 Å². The quantitative estimate of drug-likeness (QED) is 0.183. The van der Waals surface area contributed by atoms with Gasteiger partial charge in [-0.15, -0.1) is 0 Å². The van der Waals surface area contributed by atoms with Gasteiger partial charge in [-0.05, 0) is 42.8 Å². The van der Waals surface area contributed by atoms with Crippen LogP contribution in [0.3, 0.4) is 0 Å². The number of methoxy groups -OCH3 is 2. The zero-order valence-corrected chi connectivity index (χ0v) is 18.8. The summed E-state index contributed by atoms with van der Waals surface area (Å²) >= 11 is 0. The Labute approximate surface area is 196 Å². The first-order valence-corrected chi connectivity index (χ1v) is 10.2. The normalized spacial score (nSPS) is 10.4. The molecule has 3 aromatic carbocycles. The standard InChI is InChI=1S/C25H23N3O6/c1-16-8-4-6-10-19(16)25(31)34-21-11-7-5-9-17(21)15-26-28-24(30)23(29)27-20-14-18(32-2)12-13-22(20)33-3/h4-15H,1-3H3,(H,27,29)(H,28,30)/b26-15+. The van der Waals surface area contributed by atoms with Crippen LogP contribution < -0.4 is 25.0 Å². The van der Waals surface area contributed by atoms with Crippen LogP contribution in [0.4, 0.5) is 5.69 Å². The fourth-order valence-electron chi connectivity index (χ4n) is 2.94. The maximum absolute atomic E-state index is 12.5. The lowest BCUT2D eigenvalue weighted by Gasteiger charge is -2.11. The molecule has 0 bridgehead atoms. The Morgan fingerprint density at radius 3 is 2.32 bits per heavy atom. The number of para-hydroxylation sites is 1. The number of rotatable bonds is 7. The molecule has 3 aromatic rings. The Hall–Kier alpha value is -4.66. The lowest BCUT2D eigenvalue weighted by Crippen LogP contribution is -2.32. The van der Waals surface area contributed by atoms with E-state index in [1.807, 2.05) is 19.1 Å². The number of anilines is 1. The molecule has 0 fully saturated rings. The van der Waals surface area contributed by atoms with Gasteiger partial charge in [0, 0.05) is 11.6 Å². The number of hydrogen-bond donors (Lipinski definition) is 2. The van der Waals surface area contributed by atoms with Crippen LogP contribution in [0, 0.1) is 6.92 Å². The Morgan fingerprint density at radius 2 is 1.59 bits per heavy atom. The van der Waals surface area contributed by atoms with Crippen molar-refractivity contribution in [2.24, 2.45) is 5.10 Å². The van der Waals surface area contributed by atoms with Crippen LogP contribution in [-0.2, 0) is 9.59 Å². The third kappa shape index (κ3) is 5.98. The number of amides is 2. The number of carbonyl (C=O) groups is 3. The van der Waals surface area contributed by atoms with E-state index in [1.54, 1.807) is 48.5 Å². The average molecular weight is 461 g/mol. The monoisotopic (exact) mass is 461 g/mol. The second kappa shape index (κ2) is 11.3. The molecule has 0 atom stereocenters. The van der Waals surface area contributed by atoms with E-state index >= 15 is 0 Å². The fraction of sp³-hybridized carbons (Fsp3) is 0.120. The summed E-state index contributed by atoms with van der Waals surface area (Å²) in [6, 6.07) is 18.5. The summed E-state index contributed by atoms with van der Waals surface area (Å²) in [5, 5.41) is 6.25. The van der Waals surface area contributed by atoms with Crippen LogP contribution in [0.1, 0.15) is 21.5 Å². The Balaban J connectivity index is 1.65. The van der Waals surface area contributed by atoms with Gasteiger partial charge >= 0.3 is 17.8 Å². The Kier molecular flexibility index (Phi) is 7.96. The van der Waals surface area contributed by atoms with Gasteiger partial charge in [0.05, 0.1) is 31.7 Å². The lowest BCUT2D eigenvalue weighted by molar-refractivity contribution is -0.136. The number of ether oxygens (including phenoxy) is 3. The van der Waals surface area contributed by atoms with Crippen LogP contribution in [0.15, 0.2) is 71.8 Å². The molecule has 0 radical (unpaired) electrons. The topological polar surface area (TPSA) is 115 Å². The highest BCUT2D eigenvalue weighted by Crippen LogP contribution is 2.28. The lowest BCUT2D eigenvalue weighted by atomic mass is 10.1. The minimum absolute atomic E-state index is 0.249. The minimum atomic E-state index is -1.00. The highest BCUT2D eigenvalue weighted by atomic mass is 16.5. The molecule has 0 aromatic heterocycles. The smallest absolute Gasteiger partial charge is 0.343 e. The van der Waals surface area contributed by atoms with Gasteiger partial charge in [0.15, 0.2) is 0 Å². The number of benzene rings is 3. The molecule has 0 aliphatic rings. The van der Waals surface area contributed by atoms with Gasteiger partial charge in [-0.2, -0.15) is 5.10 Å². The molecule has 9 nitrogen and oxygen atoms in total. The Bertz CT molecular complexity index is 1240. The van der Waals surface area contributed by atoms with Crippen molar-refractivity contribution in [3.8, 4) is 17.2 Å². The number of hydrazone groups is 1. The van der Waals surface area contributed by atoms with Crippen molar-refractivity contribution < 1.29 is 28.6 Å². The van der Waals surface area contributed by atoms with Crippen molar-refractivity contribution in [3.63, 3.8) is 0 Å². The van der Waals surface area contributed by atoms with E-state index in [2.05, 4.69) is 15.8 Å². The van der Waals surface area contributed by atoms with E-state index in [0.29, 0.717) is 22.6 Å². The van der Waals surface area contributed by atoms with Gasteiger partial charge in [0.25, 0.3) is 0 Å². The predicted octanol–water partition coefficient (Wildman–Crippen LogP) is 3.32. The molecule has 0 spiro atoms. The van der Waals surface area contributed by atoms with Gasteiger partial charge < -0.3 is 19.5 Å². The molecule has 3 rings (SSSR count). The fourth-order valence-corrected chi connectivity index (χ4v) is 2.94. The number of nitrogens with zero attached hydrogens (tertiary/aromatic N) is 1. The molecule has 34 heavy (non-hydrogen) atoms. The second-order valence-electron chi connectivity index (χ2n) is 6.96. The Morgan fingerprint density at radius 1 is 0.853 bits per heavy atom. The number of esters is 1. The maximum Gasteiger partial charge on any atom is 0.343 e. The summed E-state index contributed by atoms with van der Waals surface area (Å²) in [4.78, 5) is 37.0. The molecule has 0 heterocycles. The van der Waals surface area contributed by atoms with Gasteiger partial charge in [-0.3, -0.25) is 9.59 Å². The largest absolute Gasteiger partial charge is 0.497 e. The highest BCUT2D eigenvalue weighted by Gasteiger charge is 2.16. The second-order valence-corrected chi connectivity index (χ2v) is 6.96. The zero-order valence-electron chi connectivity index (χ0n) is 18.8. The van der Waals surface area contributed by atoms with Crippen molar-refractivity contribution >= 4 is 29.7 Å². The molecule has 0 unspecified atom stereocenters. The van der Waals surface area contributed by atoms with Gasteiger partial charge in [-0.1, -0.05) is 30.3 Å². The molecular formula is C25H23N3O6. The van der Waals surface area contributed by atoms with Crippen molar-refractivity contribution in [1.82, 2.24) is 5.43 Å². The van der Waals surface area contributed by atoms with Crippen molar-refractivity contribution in [2.75, 3.05) is 19.5 Å².